The summed E-state index contributed by atoms with van der Waals surface area (Å²) in [5.74, 6) is 0. The molecule has 0 radical (unpaired) electrons. The Balaban J connectivity index is 2.31. The minimum atomic E-state index is -3.71. The van der Waals surface area contributed by atoms with Gasteiger partial charge < -0.3 is 5.73 Å². The van der Waals surface area contributed by atoms with Gasteiger partial charge in [0, 0.05) is 25.0 Å². The normalized spacial score (nSPS) is 11.8. The third kappa shape index (κ3) is 2.97. The molecule has 0 aliphatic rings. The molecule has 0 amide bonds. The van der Waals surface area contributed by atoms with Crippen molar-refractivity contribution >= 4 is 15.7 Å². The summed E-state index contributed by atoms with van der Waals surface area (Å²) in [6.45, 7) is 3.97. The second-order valence-electron chi connectivity index (χ2n) is 4.56. The topological polar surface area (TPSA) is 103 Å². The molecule has 108 valence electrons. The van der Waals surface area contributed by atoms with Crippen LogP contribution in [0.2, 0.25) is 0 Å². The van der Waals surface area contributed by atoms with Gasteiger partial charge in [0.1, 0.15) is 4.90 Å². The molecule has 0 unspecified atom stereocenters. The molecule has 0 atom stereocenters. The van der Waals surface area contributed by atoms with Crippen molar-refractivity contribution in [1.82, 2.24) is 14.8 Å². The van der Waals surface area contributed by atoms with E-state index in [1.54, 1.807) is 16.9 Å². The number of nitrogens with one attached hydrogen (secondary N) is 1. The zero-order valence-corrected chi connectivity index (χ0v) is 12.1. The molecular formula is C12H17N5O2S. The standard InChI is InChI=1S/C12H17N5O2S/c1-9(2)17-8-10(7-15-17)16-20(18,19)12-4-3-5-14-11(12)6-13/h3-5,7-9,16H,6,13H2,1-2H3. The van der Waals surface area contributed by atoms with Crippen LogP contribution in [0, 0.1) is 0 Å². The Bertz CT molecular complexity index is 693. The quantitative estimate of drug-likeness (QED) is 0.860. The van der Waals surface area contributed by atoms with Crippen LogP contribution in [-0.2, 0) is 16.6 Å². The first-order valence-corrected chi connectivity index (χ1v) is 7.63. The molecule has 0 bridgehead atoms. The predicted octanol–water partition coefficient (Wildman–Crippen LogP) is 1.12. The summed E-state index contributed by atoms with van der Waals surface area (Å²) in [7, 11) is -3.71. The summed E-state index contributed by atoms with van der Waals surface area (Å²) in [4.78, 5) is 4.06. The molecule has 2 heterocycles. The molecule has 7 nitrogen and oxygen atoms in total. The molecular weight excluding hydrogens is 278 g/mol. The molecule has 8 heteroatoms. The maximum Gasteiger partial charge on any atom is 0.263 e. The number of nitrogens with zero attached hydrogens (tertiary/aromatic N) is 3. The first-order chi connectivity index (χ1) is 9.44. The van der Waals surface area contributed by atoms with Crippen LogP contribution in [0.5, 0.6) is 0 Å². The third-order valence-electron chi connectivity index (χ3n) is 2.71. The van der Waals surface area contributed by atoms with Crippen LogP contribution >= 0.6 is 0 Å². The SMILES string of the molecule is CC(C)n1cc(NS(=O)(=O)c2cccnc2CN)cn1. The molecule has 0 saturated carbocycles. The fourth-order valence-corrected chi connectivity index (χ4v) is 2.93. The Hall–Kier alpha value is -1.93. The van der Waals surface area contributed by atoms with Crippen molar-refractivity contribution in [2.45, 2.75) is 31.3 Å². The van der Waals surface area contributed by atoms with Crippen molar-refractivity contribution in [1.29, 1.82) is 0 Å². The first kappa shape index (κ1) is 14.5. The van der Waals surface area contributed by atoms with Crippen molar-refractivity contribution in [3.8, 4) is 0 Å². The second kappa shape index (κ2) is 5.59. The van der Waals surface area contributed by atoms with E-state index >= 15 is 0 Å². The van der Waals surface area contributed by atoms with Crippen LogP contribution in [0.1, 0.15) is 25.6 Å². The lowest BCUT2D eigenvalue weighted by atomic mass is 10.3. The molecule has 3 N–H and O–H groups in total. The van der Waals surface area contributed by atoms with Gasteiger partial charge in [0.25, 0.3) is 10.0 Å². The van der Waals surface area contributed by atoms with Gasteiger partial charge in [-0.05, 0) is 26.0 Å². The lowest BCUT2D eigenvalue weighted by Crippen LogP contribution is -2.17. The Labute approximate surface area is 117 Å². The maximum absolute atomic E-state index is 12.3. The monoisotopic (exact) mass is 295 g/mol. The van der Waals surface area contributed by atoms with Gasteiger partial charge in [0.05, 0.1) is 17.6 Å². The molecule has 0 saturated heterocycles. The van der Waals surface area contributed by atoms with E-state index in [2.05, 4.69) is 14.8 Å². The van der Waals surface area contributed by atoms with Gasteiger partial charge in [0.15, 0.2) is 0 Å². The number of pyridine rings is 1. The highest BCUT2D eigenvalue weighted by molar-refractivity contribution is 7.92. The van der Waals surface area contributed by atoms with Crippen LogP contribution in [-0.4, -0.2) is 23.2 Å². The minimum absolute atomic E-state index is 0.0579. The summed E-state index contributed by atoms with van der Waals surface area (Å²) in [5.41, 5.74) is 6.25. The number of sulfonamides is 1. The lowest BCUT2D eigenvalue weighted by Gasteiger charge is -2.09. The zero-order valence-electron chi connectivity index (χ0n) is 11.3. The zero-order chi connectivity index (χ0) is 14.8. The van der Waals surface area contributed by atoms with Crippen LogP contribution in [0.25, 0.3) is 0 Å². The number of hydrogen-bond acceptors (Lipinski definition) is 5. The van der Waals surface area contributed by atoms with E-state index in [0.717, 1.165) is 0 Å². The summed E-state index contributed by atoms with van der Waals surface area (Å²) >= 11 is 0. The maximum atomic E-state index is 12.3. The van der Waals surface area contributed by atoms with Crippen LogP contribution < -0.4 is 10.5 Å². The molecule has 0 aliphatic heterocycles. The average Bonchev–Trinajstić information content (AvgIpc) is 2.86. The van der Waals surface area contributed by atoms with Gasteiger partial charge in [-0.3, -0.25) is 14.4 Å². The van der Waals surface area contributed by atoms with Crippen LogP contribution in [0.3, 0.4) is 0 Å². The minimum Gasteiger partial charge on any atom is -0.325 e. The van der Waals surface area contributed by atoms with Crippen molar-refractivity contribution in [3.63, 3.8) is 0 Å². The van der Waals surface area contributed by atoms with E-state index < -0.39 is 10.0 Å². The van der Waals surface area contributed by atoms with E-state index in [9.17, 15) is 8.42 Å². The largest absolute Gasteiger partial charge is 0.325 e. The summed E-state index contributed by atoms with van der Waals surface area (Å²) in [5, 5.41) is 4.09. The van der Waals surface area contributed by atoms with Crippen LogP contribution in [0.4, 0.5) is 5.69 Å². The highest BCUT2D eigenvalue weighted by atomic mass is 32.2. The second-order valence-corrected chi connectivity index (χ2v) is 6.21. The highest BCUT2D eigenvalue weighted by Crippen LogP contribution is 2.18. The Morgan fingerprint density at radius 1 is 1.45 bits per heavy atom. The molecule has 0 fully saturated rings. The number of hydrogen-bond donors (Lipinski definition) is 2. The van der Waals surface area contributed by atoms with Crippen molar-refractivity contribution in [3.05, 3.63) is 36.4 Å². The molecule has 2 aromatic rings. The molecule has 0 spiro atoms. The van der Waals surface area contributed by atoms with E-state index in [4.69, 9.17) is 5.73 Å². The van der Waals surface area contributed by atoms with Crippen molar-refractivity contribution in [2.24, 2.45) is 5.73 Å². The molecule has 2 rings (SSSR count). The van der Waals surface area contributed by atoms with Gasteiger partial charge in [-0.15, -0.1) is 0 Å². The third-order valence-corrected chi connectivity index (χ3v) is 4.17. The molecule has 0 aliphatic carbocycles. The van der Waals surface area contributed by atoms with Gasteiger partial charge in [-0.25, -0.2) is 8.42 Å². The van der Waals surface area contributed by atoms with E-state index in [-0.39, 0.29) is 17.5 Å². The van der Waals surface area contributed by atoms with Gasteiger partial charge in [-0.2, -0.15) is 5.10 Å². The number of aromatic nitrogens is 3. The highest BCUT2D eigenvalue weighted by Gasteiger charge is 2.19. The predicted molar refractivity (Wildman–Crippen MR) is 75.5 cm³/mol. The Morgan fingerprint density at radius 3 is 2.80 bits per heavy atom. The van der Waals surface area contributed by atoms with Crippen molar-refractivity contribution in [2.75, 3.05) is 4.72 Å². The fraction of sp³-hybridized carbons (Fsp3) is 0.333. The van der Waals surface area contributed by atoms with Crippen molar-refractivity contribution < 1.29 is 8.42 Å². The number of anilines is 1. The Morgan fingerprint density at radius 2 is 2.20 bits per heavy atom. The number of nitrogens with two attached hydrogens (primary N) is 1. The van der Waals surface area contributed by atoms with E-state index in [1.807, 2.05) is 13.8 Å². The van der Waals surface area contributed by atoms with Gasteiger partial charge in [0.2, 0.25) is 0 Å². The van der Waals surface area contributed by atoms with Gasteiger partial charge in [-0.1, -0.05) is 0 Å². The number of rotatable bonds is 5. The summed E-state index contributed by atoms with van der Waals surface area (Å²) < 4.78 is 28.8. The first-order valence-electron chi connectivity index (χ1n) is 6.15. The molecule has 2 aromatic heterocycles. The average molecular weight is 295 g/mol. The summed E-state index contributed by atoms with van der Waals surface area (Å²) in [6, 6.07) is 3.20. The molecule has 0 aromatic carbocycles. The van der Waals surface area contributed by atoms with Crippen LogP contribution in [0.15, 0.2) is 35.6 Å². The van der Waals surface area contributed by atoms with E-state index in [1.165, 1.54) is 18.5 Å². The van der Waals surface area contributed by atoms with E-state index in [0.29, 0.717) is 11.4 Å². The van der Waals surface area contributed by atoms with Gasteiger partial charge >= 0.3 is 0 Å². The lowest BCUT2D eigenvalue weighted by molar-refractivity contribution is 0.532. The summed E-state index contributed by atoms with van der Waals surface area (Å²) in [6.07, 6.45) is 4.62. The smallest absolute Gasteiger partial charge is 0.263 e. The Kier molecular flexibility index (Phi) is 4.05. The fourth-order valence-electron chi connectivity index (χ4n) is 1.70. The molecule has 20 heavy (non-hydrogen) atoms.